The molecule has 2 aliphatic heterocycles. The van der Waals surface area contributed by atoms with Gasteiger partial charge in [0.05, 0.1) is 29.2 Å². The molecular weight excluding hydrogens is 382 g/mol. The summed E-state index contributed by atoms with van der Waals surface area (Å²) in [6.07, 6.45) is 2.34. The Bertz CT molecular complexity index is 1170. The number of hydrogen-bond acceptors (Lipinski definition) is 5. The highest BCUT2D eigenvalue weighted by Gasteiger charge is 2.25. The van der Waals surface area contributed by atoms with Gasteiger partial charge in [-0.3, -0.25) is 14.0 Å². The second-order valence-corrected chi connectivity index (χ2v) is 7.28. The molecule has 1 amide bonds. The standard InChI is InChI=1S/C20H16ClN3O4/c21-13-2-4-18-22-15-5-6-23(10-14(15)20(26)24(18)9-13)19(25)8-12-1-3-16-17(7-12)28-11-27-16/h1-4,7,9H,5-6,8,10-11H2. The summed E-state index contributed by atoms with van der Waals surface area (Å²) in [4.78, 5) is 32.0. The van der Waals surface area contributed by atoms with E-state index >= 15 is 0 Å². The van der Waals surface area contributed by atoms with Crippen LogP contribution in [0.1, 0.15) is 16.8 Å². The Balaban J connectivity index is 1.40. The van der Waals surface area contributed by atoms with E-state index in [2.05, 4.69) is 4.98 Å². The number of rotatable bonds is 2. The molecule has 0 aliphatic carbocycles. The van der Waals surface area contributed by atoms with Gasteiger partial charge in [0.25, 0.3) is 5.56 Å². The Morgan fingerprint density at radius 1 is 1.18 bits per heavy atom. The predicted molar refractivity (Wildman–Crippen MR) is 102 cm³/mol. The van der Waals surface area contributed by atoms with E-state index in [4.69, 9.17) is 21.1 Å². The molecule has 0 saturated heterocycles. The van der Waals surface area contributed by atoms with Gasteiger partial charge in [-0.05, 0) is 29.8 Å². The van der Waals surface area contributed by atoms with Crippen molar-refractivity contribution in [3.63, 3.8) is 0 Å². The highest BCUT2D eigenvalue weighted by molar-refractivity contribution is 6.30. The third kappa shape index (κ3) is 2.88. The zero-order chi connectivity index (χ0) is 19.3. The number of aromatic nitrogens is 2. The number of hydrogen-bond donors (Lipinski definition) is 0. The summed E-state index contributed by atoms with van der Waals surface area (Å²) in [6.45, 7) is 0.983. The van der Waals surface area contributed by atoms with E-state index in [-0.39, 0.29) is 31.2 Å². The van der Waals surface area contributed by atoms with Crippen LogP contribution in [0.3, 0.4) is 0 Å². The number of halogens is 1. The summed E-state index contributed by atoms with van der Waals surface area (Å²) in [7, 11) is 0. The number of carbonyl (C=O) groups excluding carboxylic acids is 1. The van der Waals surface area contributed by atoms with E-state index in [0.29, 0.717) is 40.7 Å². The maximum Gasteiger partial charge on any atom is 0.263 e. The predicted octanol–water partition coefficient (Wildman–Crippen LogP) is 2.20. The number of ether oxygens (including phenoxy) is 2. The molecule has 3 aromatic rings. The lowest BCUT2D eigenvalue weighted by atomic mass is 10.0. The maximum atomic E-state index is 12.9. The van der Waals surface area contributed by atoms with Crippen molar-refractivity contribution < 1.29 is 14.3 Å². The minimum atomic E-state index is -0.178. The fourth-order valence-electron chi connectivity index (χ4n) is 3.62. The van der Waals surface area contributed by atoms with Crippen LogP contribution in [-0.4, -0.2) is 33.5 Å². The number of fused-ring (bicyclic) bond motifs is 3. The lowest BCUT2D eigenvalue weighted by molar-refractivity contribution is -0.131. The zero-order valence-electron chi connectivity index (χ0n) is 14.9. The van der Waals surface area contributed by atoms with Crippen LogP contribution in [-0.2, 0) is 24.2 Å². The second-order valence-electron chi connectivity index (χ2n) is 6.85. The van der Waals surface area contributed by atoms with E-state index in [1.54, 1.807) is 23.2 Å². The molecule has 0 radical (unpaired) electrons. The Morgan fingerprint density at radius 2 is 2.04 bits per heavy atom. The fourth-order valence-corrected chi connectivity index (χ4v) is 3.78. The second kappa shape index (κ2) is 6.53. The Morgan fingerprint density at radius 3 is 2.93 bits per heavy atom. The first kappa shape index (κ1) is 17.1. The molecule has 0 N–H and O–H groups in total. The topological polar surface area (TPSA) is 73.1 Å². The van der Waals surface area contributed by atoms with Gasteiger partial charge >= 0.3 is 0 Å². The van der Waals surface area contributed by atoms with Crippen LogP contribution in [0, 0.1) is 0 Å². The van der Waals surface area contributed by atoms with Gasteiger partial charge in [0.15, 0.2) is 11.5 Å². The van der Waals surface area contributed by atoms with Crippen LogP contribution >= 0.6 is 11.6 Å². The molecule has 0 fully saturated rings. The number of benzene rings is 1. The third-order valence-corrected chi connectivity index (χ3v) is 5.30. The Labute approximate surface area is 165 Å². The molecule has 0 saturated carbocycles. The van der Waals surface area contributed by atoms with Gasteiger partial charge in [-0.2, -0.15) is 0 Å². The van der Waals surface area contributed by atoms with Crippen molar-refractivity contribution in [3.8, 4) is 11.5 Å². The summed E-state index contributed by atoms with van der Waals surface area (Å²) in [5.41, 5.74) is 2.53. The summed E-state index contributed by atoms with van der Waals surface area (Å²) in [5.74, 6) is 1.30. The van der Waals surface area contributed by atoms with Crippen LogP contribution in [0.15, 0.2) is 41.3 Å². The number of carbonyl (C=O) groups is 1. The van der Waals surface area contributed by atoms with Crippen LogP contribution in [0.2, 0.25) is 5.02 Å². The summed E-state index contributed by atoms with van der Waals surface area (Å²) < 4.78 is 12.1. The molecule has 0 bridgehead atoms. The van der Waals surface area contributed by atoms with E-state index in [0.717, 1.165) is 11.3 Å². The quantitative estimate of drug-likeness (QED) is 0.663. The highest BCUT2D eigenvalue weighted by Crippen LogP contribution is 2.32. The van der Waals surface area contributed by atoms with Gasteiger partial charge in [0, 0.05) is 19.2 Å². The van der Waals surface area contributed by atoms with Crippen LogP contribution in [0.25, 0.3) is 5.65 Å². The molecule has 0 unspecified atom stereocenters. The van der Waals surface area contributed by atoms with E-state index in [1.807, 2.05) is 18.2 Å². The molecular formula is C20H16ClN3O4. The molecule has 28 heavy (non-hydrogen) atoms. The maximum absolute atomic E-state index is 12.9. The minimum Gasteiger partial charge on any atom is -0.454 e. The van der Waals surface area contributed by atoms with Crippen molar-refractivity contribution in [2.45, 2.75) is 19.4 Å². The van der Waals surface area contributed by atoms with E-state index in [1.165, 1.54) is 4.40 Å². The van der Waals surface area contributed by atoms with E-state index in [9.17, 15) is 9.59 Å². The number of pyridine rings is 1. The molecule has 2 aromatic heterocycles. The van der Waals surface area contributed by atoms with Gasteiger partial charge in [0.1, 0.15) is 5.65 Å². The van der Waals surface area contributed by atoms with Gasteiger partial charge < -0.3 is 14.4 Å². The van der Waals surface area contributed by atoms with E-state index < -0.39 is 0 Å². The smallest absolute Gasteiger partial charge is 0.263 e. The molecule has 0 atom stereocenters. The molecule has 5 rings (SSSR count). The highest BCUT2D eigenvalue weighted by atomic mass is 35.5. The largest absolute Gasteiger partial charge is 0.454 e. The van der Waals surface area contributed by atoms with Crippen molar-refractivity contribution in [3.05, 3.63) is 68.7 Å². The molecule has 8 heteroatoms. The van der Waals surface area contributed by atoms with Gasteiger partial charge in [-0.15, -0.1) is 0 Å². The number of amides is 1. The van der Waals surface area contributed by atoms with Crippen molar-refractivity contribution in [1.82, 2.24) is 14.3 Å². The van der Waals surface area contributed by atoms with Crippen molar-refractivity contribution >= 4 is 23.2 Å². The SMILES string of the molecule is O=C(Cc1ccc2c(c1)OCO2)N1CCc2nc3ccc(Cl)cn3c(=O)c2C1. The molecule has 1 aromatic carbocycles. The third-order valence-electron chi connectivity index (χ3n) is 5.08. The van der Waals surface area contributed by atoms with Crippen LogP contribution in [0.5, 0.6) is 11.5 Å². The first-order valence-electron chi connectivity index (χ1n) is 8.94. The molecule has 2 aliphatic rings. The van der Waals surface area contributed by atoms with Crippen molar-refractivity contribution in [1.29, 1.82) is 0 Å². The normalized spacial score (nSPS) is 15.0. The molecule has 4 heterocycles. The monoisotopic (exact) mass is 397 g/mol. The lowest BCUT2D eigenvalue weighted by Gasteiger charge is -2.28. The Kier molecular flexibility index (Phi) is 3.98. The average Bonchev–Trinajstić information content (AvgIpc) is 3.16. The lowest BCUT2D eigenvalue weighted by Crippen LogP contribution is -2.40. The van der Waals surface area contributed by atoms with Gasteiger partial charge in [-0.25, -0.2) is 4.98 Å². The minimum absolute atomic E-state index is 0.0416. The van der Waals surface area contributed by atoms with Gasteiger partial charge in [-0.1, -0.05) is 17.7 Å². The summed E-state index contributed by atoms with van der Waals surface area (Å²) in [6, 6.07) is 8.92. The molecule has 0 spiro atoms. The Hall–Kier alpha value is -3.06. The first-order chi connectivity index (χ1) is 13.6. The van der Waals surface area contributed by atoms with Crippen LogP contribution < -0.4 is 15.0 Å². The summed E-state index contributed by atoms with van der Waals surface area (Å²) >= 11 is 6.01. The molecule has 7 nitrogen and oxygen atoms in total. The first-order valence-corrected chi connectivity index (χ1v) is 9.32. The number of nitrogens with zero attached hydrogens (tertiary/aromatic N) is 3. The molecule has 142 valence electrons. The van der Waals surface area contributed by atoms with Crippen LogP contribution in [0.4, 0.5) is 0 Å². The van der Waals surface area contributed by atoms with Gasteiger partial charge in [0.2, 0.25) is 12.7 Å². The average molecular weight is 398 g/mol. The van der Waals surface area contributed by atoms with Crippen molar-refractivity contribution in [2.24, 2.45) is 0 Å². The zero-order valence-corrected chi connectivity index (χ0v) is 15.6. The summed E-state index contributed by atoms with van der Waals surface area (Å²) in [5, 5.41) is 0.461. The fraction of sp³-hybridized carbons (Fsp3) is 0.250. The van der Waals surface area contributed by atoms with Crippen molar-refractivity contribution in [2.75, 3.05) is 13.3 Å².